The second kappa shape index (κ2) is 3.21. The van der Waals surface area contributed by atoms with Crippen molar-refractivity contribution in [3.8, 4) is 0 Å². The average Bonchev–Trinajstić information content (AvgIpc) is 2.03. The van der Waals surface area contributed by atoms with E-state index in [2.05, 4.69) is 11.8 Å². The Bertz CT molecular complexity index is 208. The first kappa shape index (κ1) is 9.17. The maximum absolute atomic E-state index is 5.31. The molecule has 0 atom stereocenters. The van der Waals surface area contributed by atoms with Crippen LogP contribution in [-0.2, 0) is 4.74 Å². The quantitative estimate of drug-likeness (QED) is 0.633. The predicted octanol–water partition coefficient (Wildman–Crippen LogP) is 1.90. The number of ether oxygens (including phenoxy) is 1. The molecular formula is C12H21NO. The summed E-state index contributed by atoms with van der Waals surface area (Å²) in [6.07, 6.45) is 5.78. The van der Waals surface area contributed by atoms with Gasteiger partial charge in [-0.15, -0.1) is 0 Å². The van der Waals surface area contributed by atoms with Gasteiger partial charge in [0.2, 0.25) is 0 Å². The lowest BCUT2D eigenvalue weighted by Crippen LogP contribution is -2.68. The van der Waals surface area contributed by atoms with Crippen LogP contribution in [-0.4, -0.2) is 37.2 Å². The van der Waals surface area contributed by atoms with E-state index in [-0.39, 0.29) is 0 Å². The van der Waals surface area contributed by atoms with E-state index >= 15 is 0 Å². The first-order chi connectivity index (χ1) is 6.77. The molecule has 2 aliphatic heterocycles. The molecule has 0 N–H and O–H groups in total. The number of hydrogen-bond donors (Lipinski definition) is 0. The van der Waals surface area contributed by atoms with Crippen molar-refractivity contribution in [3.05, 3.63) is 0 Å². The summed E-state index contributed by atoms with van der Waals surface area (Å²) >= 11 is 0. The highest BCUT2D eigenvalue weighted by Gasteiger charge is 2.50. The molecule has 3 fully saturated rings. The van der Waals surface area contributed by atoms with Crippen LogP contribution in [0.4, 0.5) is 0 Å². The van der Waals surface area contributed by atoms with E-state index in [9.17, 15) is 0 Å². The zero-order valence-electron chi connectivity index (χ0n) is 9.17. The highest BCUT2D eigenvalue weighted by molar-refractivity contribution is 5.01. The number of hydrogen-bond acceptors (Lipinski definition) is 2. The van der Waals surface area contributed by atoms with E-state index in [4.69, 9.17) is 4.74 Å². The number of nitrogens with zero attached hydrogens (tertiary/aromatic N) is 1. The molecule has 1 spiro atoms. The van der Waals surface area contributed by atoms with Crippen molar-refractivity contribution in [1.29, 1.82) is 0 Å². The number of likely N-dealkylation sites (tertiary alicyclic amines) is 1. The van der Waals surface area contributed by atoms with Crippen molar-refractivity contribution in [2.75, 3.05) is 26.3 Å². The lowest BCUT2D eigenvalue weighted by molar-refractivity contribution is -0.200. The van der Waals surface area contributed by atoms with Gasteiger partial charge in [-0.2, -0.15) is 0 Å². The topological polar surface area (TPSA) is 12.5 Å². The molecule has 2 nitrogen and oxygen atoms in total. The molecular weight excluding hydrogens is 174 g/mol. The Kier molecular flexibility index (Phi) is 2.10. The molecule has 1 saturated carbocycles. The van der Waals surface area contributed by atoms with Gasteiger partial charge < -0.3 is 4.74 Å². The molecule has 0 aromatic carbocycles. The SMILES string of the molecule is C[C@H]1CC[C@H](N2CC3(COC3)C2)CC1. The lowest BCUT2D eigenvalue weighted by Gasteiger charge is -2.58. The van der Waals surface area contributed by atoms with E-state index in [0.29, 0.717) is 5.41 Å². The highest BCUT2D eigenvalue weighted by Crippen LogP contribution is 2.41. The fourth-order valence-electron chi connectivity index (χ4n) is 3.25. The molecule has 0 bridgehead atoms. The normalized spacial score (nSPS) is 41.8. The van der Waals surface area contributed by atoms with Crippen molar-refractivity contribution in [3.63, 3.8) is 0 Å². The van der Waals surface area contributed by atoms with Gasteiger partial charge in [0.05, 0.1) is 13.2 Å². The maximum Gasteiger partial charge on any atom is 0.0569 e. The minimum absolute atomic E-state index is 0.614. The molecule has 0 amide bonds. The first-order valence-corrected chi connectivity index (χ1v) is 6.09. The summed E-state index contributed by atoms with van der Waals surface area (Å²) in [7, 11) is 0. The Hall–Kier alpha value is -0.0800. The Morgan fingerprint density at radius 1 is 1.07 bits per heavy atom. The van der Waals surface area contributed by atoms with E-state index in [1.54, 1.807) is 0 Å². The van der Waals surface area contributed by atoms with Crippen LogP contribution in [0.2, 0.25) is 0 Å². The van der Waals surface area contributed by atoms with Crippen LogP contribution in [0.15, 0.2) is 0 Å². The van der Waals surface area contributed by atoms with Gasteiger partial charge in [-0.05, 0) is 31.6 Å². The van der Waals surface area contributed by atoms with Crippen molar-refractivity contribution in [2.24, 2.45) is 11.3 Å². The Morgan fingerprint density at radius 2 is 1.71 bits per heavy atom. The summed E-state index contributed by atoms with van der Waals surface area (Å²) in [6.45, 7) is 7.12. The van der Waals surface area contributed by atoms with Gasteiger partial charge in [-0.3, -0.25) is 4.90 Å². The van der Waals surface area contributed by atoms with Crippen LogP contribution in [0, 0.1) is 11.3 Å². The van der Waals surface area contributed by atoms with Gasteiger partial charge in [0.15, 0.2) is 0 Å². The molecule has 0 aromatic heterocycles. The average molecular weight is 195 g/mol. The molecule has 3 rings (SSSR count). The second-order valence-electron chi connectivity index (χ2n) is 5.81. The first-order valence-electron chi connectivity index (χ1n) is 6.09. The molecule has 80 valence electrons. The second-order valence-corrected chi connectivity index (χ2v) is 5.81. The predicted molar refractivity (Wildman–Crippen MR) is 56.2 cm³/mol. The zero-order valence-corrected chi connectivity index (χ0v) is 9.17. The van der Waals surface area contributed by atoms with Crippen LogP contribution in [0.3, 0.4) is 0 Å². The minimum Gasteiger partial charge on any atom is -0.380 e. The van der Waals surface area contributed by atoms with E-state index in [1.807, 2.05) is 0 Å². The van der Waals surface area contributed by atoms with Crippen LogP contribution in [0.5, 0.6) is 0 Å². The third kappa shape index (κ3) is 1.40. The summed E-state index contributed by atoms with van der Waals surface area (Å²) in [5.41, 5.74) is 0.614. The monoisotopic (exact) mass is 195 g/mol. The molecule has 3 aliphatic rings. The molecule has 2 heterocycles. The molecule has 0 aromatic rings. The highest BCUT2D eigenvalue weighted by atomic mass is 16.5. The molecule has 0 radical (unpaired) electrons. The molecule has 2 saturated heterocycles. The molecule has 0 unspecified atom stereocenters. The molecule has 1 aliphatic carbocycles. The third-order valence-corrected chi connectivity index (χ3v) is 4.40. The standard InChI is InChI=1S/C12H21NO/c1-10-2-4-11(5-3-10)13-6-12(7-13)8-14-9-12/h10-11H,2-9H2,1H3/t10-,11-. The maximum atomic E-state index is 5.31. The van der Waals surface area contributed by atoms with Crippen molar-refractivity contribution >= 4 is 0 Å². The Morgan fingerprint density at radius 3 is 2.21 bits per heavy atom. The summed E-state index contributed by atoms with van der Waals surface area (Å²) in [4.78, 5) is 2.70. The number of rotatable bonds is 1. The van der Waals surface area contributed by atoms with Crippen LogP contribution in [0.25, 0.3) is 0 Å². The minimum atomic E-state index is 0.614. The summed E-state index contributed by atoms with van der Waals surface area (Å²) in [5, 5.41) is 0. The summed E-state index contributed by atoms with van der Waals surface area (Å²) in [6, 6.07) is 0.914. The van der Waals surface area contributed by atoms with Gasteiger partial charge in [0.1, 0.15) is 0 Å². The van der Waals surface area contributed by atoms with Gasteiger partial charge in [0.25, 0.3) is 0 Å². The Balaban J connectivity index is 1.49. The molecule has 14 heavy (non-hydrogen) atoms. The van der Waals surface area contributed by atoms with Gasteiger partial charge in [-0.25, -0.2) is 0 Å². The third-order valence-electron chi connectivity index (χ3n) is 4.40. The lowest BCUT2D eigenvalue weighted by atomic mass is 9.75. The van der Waals surface area contributed by atoms with Crippen molar-refractivity contribution < 1.29 is 4.74 Å². The van der Waals surface area contributed by atoms with Crippen molar-refractivity contribution in [2.45, 2.75) is 38.6 Å². The summed E-state index contributed by atoms with van der Waals surface area (Å²) < 4.78 is 5.31. The van der Waals surface area contributed by atoms with Crippen LogP contribution in [0.1, 0.15) is 32.6 Å². The Labute approximate surface area is 86.6 Å². The smallest absolute Gasteiger partial charge is 0.0569 e. The van der Waals surface area contributed by atoms with Crippen LogP contribution < -0.4 is 0 Å². The largest absolute Gasteiger partial charge is 0.380 e. The fourth-order valence-corrected chi connectivity index (χ4v) is 3.25. The van der Waals surface area contributed by atoms with E-state index < -0.39 is 0 Å². The fraction of sp³-hybridized carbons (Fsp3) is 1.00. The van der Waals surface area contributed by atoms with Gasteiger partial charge >= 0.3 is 0 Å². The molecule has 2 heteroatoms. The van der Waals surface area contributed by atoms with Gasteiger partial charge in [-0.1, -0.05) is 6.92 Å². The zero-order chi connectivity index (χ0) is 9.60. The van der Waals surface area contributed by atoms with Gasteiger partial charge in [0, 0.05) is 24.5 Å². The van der Waals surface area contributed by atoms with E-state index in [1.165, 1.54) is 38.8 Å². The van der Waals surface area contributed by atoms with E-state index in [0.717, 1.165) is 25.2 Å². The van der Waals surface area contributed by atoms with Crippen LogP contribution >= 0.6 is 0 Å². The van der Waals surface area contributed by atoms with Crippen molar-refractivity contribution in [1.82, 2.24) is 4.90 Å². The summed E-state index contributed by atoms with van der Waals surface area (Å²) in [5.74, 6) is 0.980.